The van der Waals surface area contributed by atoms with Crippen LogP contribution in [0.25, 0.3) is 0 Å². The van der Waals surface area contributed by atoms with E-state index in [9.17, 15) is 4.79 Å². The molecule has 3 heteroatoms. The molecule has 1 amide bonds. The highest BCUT2D eigenvalue weighted by atomic mass is 16.2. The van der Waals surface area contributed by atoms with Crippen molar-refractivity contribution in [3.63, 3.8) is 0 Å². The maximum atomic E-state index is 12.1. The van der Waals surface area contributed by atoms with Crippen LogP contribution in [0.5, 0.6) is 0 Å². The van der Waals surface area contributed by atoms with Crippen molar-refractivity contribution in [2.24, 2.45) is 11.8 Å². The van der Waals surface area contributed by atoms with Gasteiger partial charge in [0.25, 0.3) is 0 Å². The van der Waals surface area contributed by atoms with Crippen LogP contribution in [0.2, 0.25) is 0 Å². The van der Waals surface area contributed by atoms with Crippen LogP contribution in [-0.4, -0.2) is 24.5 Å². The number of carbonyl (C=O) groups excluding carboxylic acids is 1. The second-order valence-corrected chi connectivity index (χ2v) is 5.79. The number of rotatable bonds is 2. The lowest BCUT2D eigenvalue weighted by Crippen LogP contribution is -2.50. The molecule has 2 N–H and O–H groups in total. The Morgan fingerprint density at radius 1 is 1.12 bits per heavy atom. The fourth-order valence-corrected chi connectivity index (χ4v) is 3.78. The third-order valence-electron chi connectivity index (χ3n) is 4.69. The average molecular weight is 222 g/mol. The Labute approximate surface area is 97.4 Å². The maximum Gasteiger partial charge on any atom is 0.237 e. The molecule has 2 saturated carbocycles. The highest BCUT2D eigenvalue weighted by Crippen LogP contribution is 2.44. The van der Waals surface area contributed by atoms with Crippen LogP contribution in [0.3, 0.4) is 0 Å². The van der Waals surface area contributed by atoms with Crippen molar-refractivity contribution >= 4 is 5.91 Å². The van der Waals surface area contributed by atoms with Crippen LogP contribution >= 0.6 is 0 Å². The van der Waals surface area contributed by atoms with Gasteiger partial charge < -0.3 is 10.6 Å². The second-order valence-electron chi connectivity index (χ2n) is 5.79. The Bertz CT molecular complexity index is 273. The van der Waals surface area contributed by atoms with E-state index in [2.05, 4.69) is 10.6 Å². The van der Waals surface area contributed by atoms with Gasteiger partial charge in [0.05, 0.1) is 6.04 Å². The minimum Gasteiger partial charge on any atom is -0.352 e. The zero-order chi connectivity index (χ0) is 11.0. The van der Waals surface area contributed by atoms with Gasteiger partial charge in [-0.15, -0.1) is 0 Å². The molecule has 3 rings (SSSR count). The fourth-order valence-electron chi connectivity index (χ4n) is 3.78. The maximum absolute atomic E-state index is 12.1. The first kappa shape index (κ1) is 10.6. The van der Waals surface area contributed by atoms with E-state index in [1.807, 2.05) is 0 Å². The molecular weight excluding hydrogens is 200 g/mol. The summed E-state index contributed by atoms with van der Waals surface area (Å²) in [6, 6.07) is 0.586. The molecule has 2 bridgehead atoms. The van der Waals surface area contributed by atoms with Gasteiger partial charge >= 0.3 is 0 Å². The van der Waals surface area contributed by atoms with Gasteiger partial charge in [-0.2, -0.15) is 0 Å². The number of hydrogen-bond acceptors (Lipinski definition) is 2. The Hall–Kier alpha value is -0.570. The summed E-state index contributed by atoms with van der Waals surface area (Å²) < 4.78 is 0. The number of carbonyl (C=O) groups is 1. The predicted molar refractivity (Wildman–Crippen MR) is 63.0 cm³/mol. The standard InChI is InChI=1S/C13H22N2O/c16-13(11-3-1-2-6-14-11)15-12-8-9-4-5-10(12)7-9/h9-12,14H,1-8H2,(H,15,16)/t9?,10?,11-,12?/m0/s1. The summed E-state index contributed by atoms with van der Waals surface area (Å²) in [5.41, 5.74) is 0. The Morgan fingerprint density at radius 3 is 2.69 bits per heavy atom. The van der Waals surface area contributed by atoms with Gasteiger partial charge in [0.15, 0.2) is 0 Å². The molecule has 0 aromatic heterocycles. The summed E-state index contributed by atoms with van der Waals surface area (Å²) in [6.45, 7) is 1.01. The summed E-state index contributed by atoms with van der Waals surface area (Å²) in [5.74, 6) is 1.96. The Balaban J connectivity index is 1.52. The van der Waals surface area contributed by atoms with Crippen LogP contribution in [0.1, 0.15) is 44.9 Å². The molecule has 1 saturated heterocycles. The number of amides is 1. The number of hydrogen-bond donors (Lipinski definition) is 2. The molecule has 0 aromatic carbocycles. The number of fused-ring (bicyclic) bond motifs is 2. The number of nitrogens with one attached hydrogen (secondary N) is 2. The van der Waals surface area contributed by atoms with Crippen molar-refractivity contribution in [1.29, 1.82) is 0 Å². The van der Waals surface area contributed by atoms with Crippen molar-refractivity contribution in [2.45, 2.75) is 57.0 Å². The largest absolute Gasteiger partial charge is 0.352 e. The molecule has 16 heavy (non-hydrogen) atoms. The van der Waals surface area contributed by atoms with E-state index in [-0.39, 0.29) is 11.9 Å². The van der Waals surface area contributed by atoms with Gasteiger partial charge in [0.2, 0.25) is 5.91 Å². The lowest BCUT2D eigenvalue weighted by atomic mass is 9.94. The topological polar surface area (TPSA) is 41.1 Å². The lowest BCUT2D eigenvalue weighted by Gasteiger charge is -2.28. The van der Waals surface area contributed by atoms with Crippen LogP contribution in [-0.2, 0) is 4.79 Å². The van der Waals surface area contributed by atoms with E-state index in [0.717, 1.165) is 24.8 Å². The molecule has 3 aliphatic rings. The molecular formula is C13H22N2O. The van der Waals surface area contributed by atoms with E-state index in [1.54, 1.807) is 0 Å². The van der Waals surface area contributed by atoms with E-state index in [4.69, 9.17) is 0 Å². The third kappa shape index (κ3) is 1.97. The molecule has 1 aliphatic heterocycles. The van der Waals surface area contributed by atoms with Gasteiger partial charge in [0, 0.05) is 6.04 Å². The Kier molecular flexibility index (Phi) is 2.88. The summed E-state index contributed by atoms with van der Waals surface area (Å²) in [5, 5.41) is 6.60. The van der Waals surface area contributed by atoms with Gasteiger partial charge in [-0.1, -0.05) is 12.8 Å². The first-order valence-corrected chi connectivity index (χ1v) is 6.86. The molecule has 3 nitrogen and oxygen atoms in total. The van der Waals surface area contributed by atoms with Gasteiger partial charge in [-0.25, -0.2) is 0 Å². The number of piperidine rings is 1. The van der Waals surface area contributed by atoms with Crippen LogP contribution < -0.4 is 10.6 Å². The van der Waals surface area contributed by atoms with E-state index in [0.29, 0.717) is 6.04 Å². The van der Waals surface area contributed by atoms with Crippen LogP contribution in [0.4, 0.5) is 0 Å². The minimum absolute atomic E-state index is 0.0906. The van der Waals surface area contributed by atoms with Gasteiger partial charge in [-0.05, 0) is 50.5 Å². The van der Waals surface area contributed by atoms with E-state index in [1.165, 1.54) is 38.5 Å². The fraction of sp³-hybridized carbons (Fsp3) is 0.923. The summed E-state index contributed by atoms with van der Waals surface area (Å²) >= 11 is 0. The van der Waals surface area contributed by atoms with Crippen LogP contribution in [0, 0.1) is 11.8 Å². The summed E-state index contributed by atoms with van der Waals surface area (Å²) in [7, 11) is 0. The SMILES string of the molecule is O=C(NC1CC2CCC1C2)[C@@H]1CCCCN1. The first-order valence-electron chi connectivity index (χ1n) is 6.86. The molecule has 90 valence electrons. The Morgan fingerprint density at radius 2 is 2.06 bits per heavy atom. The first-order chi connectivity index (χ1) is 7.83. The molecule has 0 spiro atoms. The van der Waals surface area contributed by atoms with Crippen LogP contribution in [0.15, 0.2) is 0 Å². The highest BCUT2D eigenvalue weighted by Gasteiger charge is 2.40. The second kappa shape index (κ2) is 4.36. The van der Waals surface area contributed by atoms with Gasteiger partial charge in [-0.3, -0.25) is 4.79 Å². The van der Waals surface area contributed by atoms with Crippen molar-refractivity contribution in [1.82, 2.24) is 10.6 Å². The summed E-state index contributed by atoms with van der Waals surface area (Å²) in [6.07, 6.45) is 8.78. The monoisotopic (exact) mass is 222 g/mol. The zero-order valence-corrected chi connectivity index (χ0v) is 9.87. The van der Waals surface area contributed by atoms with Gasteiger partial charge in [0.1, 0.15) is 0 Å². The molecule has 4 atom stereocenters. The van der Waals surface area contributed by atoms with E-state index >= 15 is 0 Å². The van der Waals surface area contributed by atoms with Crippen molar-refractivity contribution < 1.29 is 4.79 Å². The highest BCUT2D eigenvalue weighted by molar-refractivity contribution is 5.82. The molecule has 3 fully saturated rings. The average Bonchev–Trinajstić information content (AvgIpc) is 2.92. The molecule has 2 aliphatic carbocycles. The molecule has 1 heterocycles. The predicted octanol–water partition coefficient (Wildman–Crippen LogP) is 1.43. The minimum atomic E-state index is 0.0906. The zero-order valence-electron chi connectivity index (χ0n) is 9.87. The third-order valence-corrected chi connectivity index (χ3v) is 4.69. The van der Waals surface area contributed by atoms with E-state index < -0.39 is 0 Å². The lowest BCUT2D eigenvalue weighted by molar-refractivity contribution is -0.124. The molecule has 3 unspecified atom stereocenters. The van der Waals surface area contributed by atoms with Crippen molar-refractivity contribution in [2.75, 3.05) is 6.54 Å². The molecule has 0 radical (unpaired) electrons. The van der Waals surface area contributed by atoms with Crippen molar-refractivity contribution in [3.8, 4) is 0 Å². The smallest absolute Gasteiger partial charge is 0.237 e. The summed E-state index contributed by atoms with van der Waals surface area (Å²) in [4.78, 5) is 12.1. The quantitative estimate of drug-likeness (QED) is 0.742. The van der Waals surface area contributed by atoms with Crippen molar-refractivity contribution in [3.05, 3.63) is 0 Å². The molecule has 0 aromatic rings. The normalized spacial score (nSPS) is 42.2.